The quantitative estimate of drug-likeness (QED) is 0.167. The third-order valence-corrected chi connectivity index (χ3v) is 11.8. The van der Waals surface area contributed by atoms with Gasteiger partial charge in [-0.05, 0) is 92.8 Å². The number of furan rings is 1. The monoisotopic (exact) mass is 693 g/mol. The van der Waals surface area contributed by atoms with Gasteiger partial charge in [-0.3, -0.25) is 0 Å². The lowest BCUT2D eigenvalue weighted by Crippen LogP contribution is -2.10. The molecule has 0 aliphatic rings. The van der Waals surface area contributed by atoms with E-state index in [4.69, 9.17) is 4.42 Å². The molecule has 0 atom stereocenters. The minimum atomic E-state index is 0.871. The van der Waals surface area contributed by atoms with Gasteiger partial charge in [-0.25, -0.2) is 0 Å². The molecule has 11 aromatic rings. The molecule has 0 aliphatic heterocycles. The van der Waals surface area contributed by atoms with Crippen LogP contribution in [0.2, 0.25) is 0 Å². The molecule has 0 aliphatic carbocycles. The second kappa shape index (κ2) is 11.9. The maximum Gasteiger partial charge on any atom is 0.145 e. The van der Waals surface area contributed by atoms with Gasteiger partial charge in [0.15, 0.2) is 0 Å². The maximum atomic E-state index is 6.97. The van der Waals surface area contributed by atoms with Crippen molar-refractivity contribution in [1.29, 1.82) is 0 Å². The van der Waals surface area contributed by atoms with E-state index in [2.05, 4.69) is 193 Å². The van der Waals surface area contributed by atoms with Gasteiger partial charge < -0.3 is 9.32 Å². The molecular weight excluding hydrogens is 663 g/mol. The molecule has 248 valence electrons. The van der Waals surface area contributed by atoms with E-state index in [-0.39, 0.29) is 0 Å². The molecule has 3 heteroatoms. The maximum absolute atomic E-state index is 6.97. The van der Waals surface area contributed by atoms with Crippen molar-refractivity contribution in [3.63, 3.8) is 0 Å². The Labute approximate surface area is 310 Å². The first-order valence-corrected chi connectivity index (χ1v) is 18.8. The van der Waals surface area contributed by atoms with E-state index < -0.39 is 0 Å². The molecule has 0 spiro atoms. The molecule has 2 heterocycles. The molecule has 0 saturated heterocycles. The Kier molecular flexibility index (Phi) is 6.76. The van der Waals surface area contributed by atoms with Gasteiger partial charge in [-0.2, -0.15) is 0 Å². The lowest BCUT2D eigenvalue weighted by molar-refractivity contribution is 0.670. The Morgan fingerprint density at radius 1 is 0.396 bits per heavy atom. The van der Waals surface area contributed by atoms with Crippen molar-refractivity contribution >= 4 is 92.1 Å². The summed E-state index contributed by atoms with van der Waals surface area (Å²) in [6.45, 7) is 0. The standard InChI is InChI=1S/C50H31NOS/c1-3-11-32(12-4-1)35-21-24-44-46(30-35)52-50-41(33-13-5-2-6-14-33)27-28-45(49(44)50)51(38-23-26-43-42-17-9-10-18-47(42)53-48(43)31-38)37-22-25-40-36(29-37)20-19-34-15-7-8-16-39(34)40/h1-31H. The molecule has 0 saturated carbocycles. The zero-order valence-corrected chi connectivity index (χ0v) is 29.5. The minimum Gasteiger partial charge on any atom is -0.455 e. The van der Waals surface area contributed by atoms with E-state index in [1.807, 2.05) is 11.3 Å². The normalized spacial score (nSPS) is 11.8. The van der Waals surface area contributed by atoms with Gasteiger partial charge in [-0.1, -0.05) is 133 Å². The van der Waals surface area contributed by atoms with Gasteiger partial charge >= 0.3 is 0 Å². The Bertz CT molecular complexity index is 3180. The number of benzene rings is 9. The summed E-state index contributed by atoms with van der Waals surface area (Å²) in [7, 11) is 0. The van der Waals surface area contributed by atoms with Crippen molar-refractivity contribution in [2.24, 2.45) is 0 Å². The number of anilines is 3. The Morgan fingerprint density at radius 2 is 1.04 bits per heavy atom. The average molecular weight is 694 g/mol. The van der Waals surface area contributed by atoms with Crippen molar-refractivity contribution < 1.29 is 4.42 Å². The highest BCUT2D eigenvalue weighted by atomic mass is 32.1. The highest BCUT2D eigenvalue weighted by Crippen LogP contribution is 2.48. The van der Waals surface area contributed by atoms with E-state index in [9.17, 15) is 0 Å². The molecule has 9 aromatic carbocycles. The van der Waals surface area contributed by atoms with E-state index >= 15 is 0 Å². The summed E-state index contributed by atoms with van der Waals surface area (Å²) in [5.41, 5.74) is 9.53. The minimum absolute atomic E-state index is 0.871. The van der Waals surface area contributed by atoms with Gasteiger partial charge in [0.2, 0.25) is 0 Å². The topological polar surface area (TPSA) is 16.4 Å². The second-order valence-corrected chi connectivity index (χ2v) is 14.8. The number of hydrogen-bond donors (Lipinski definition) is 0. The van der Waals surface area contributed by atoms with Crippen LogP contribution in [0.15, 0.2) is 192 Å². The molecule has 2 nitrogen and oxygen atoms in total. The molecule has 2 aromatic heterocycles. The summed E-state index contributed by atoms with van der Waals surface area (Å²) in [6, 6.07) is 67.9. The van der Waals surface area contributed by atoms with Crippen LogP contribution in [0.4, 0.5) is 17.1 Å². The van der Waals surface area contributed by atoms with Crippen LogP contribution in [-0.4, -0.2) is 0 Å². The highest BCUT2D eigenvalue weighted by molar-refractivity contribution is 7.25. The van der Waals surface area contributed by atoms with Crippen molar-refractivity contribution in [2.45, 2.75) is 0 Å². The summed E-state index contributed by atoms with van der Waals surface area (Å²) < 4.78 is 9.53. The van der Waals surface area contributed by atoms with Gasteiger partial charge in [-0.15, -0.1) is 11.3 Å². The van der Waals surface area contributed by atoms with Crippen LogP contribution in [0.25, 0.3) is 85.9 Å². The predicted octanol–water partition coefficient (Wildman–Crippen LogP) is 15.1. The van der Waals surface area contributed by atoms with Crippen LogP contribution < -0.4 is 4.90 Å². The van der Waals surface area contributed by atoms with E-state index in [0.29, 0.717) is 0 Å². The molecule has 11 rings (SSSR count). The van der Waals surface area contributed by atoms with E-state index in [0.717, 1.165) is 55.7 Å². The number of rotatable bonds is 5. The molecule has 0 bridgehead atoms. The fraction of sp³-hybridized carbons (Fsp3) is 0. The SMILES string of the molecule is c1ccc(-c2ccc3c(c2)oc2c(-c4ccccc4)ccc(N(c4ccc5c(ccc6ccccc65)c4)c4ccc5c(c4)sc4ccccc45)c23)cc1. The summed E-state index contributed by atoms with van der Waals surface area (Å²) in [5, 5.41) is 9.73. The largest absolute Gasteiger partial charge is 0.455 e. The Balaban J connectivity index is 1.20. The Morgan fingerprint density at radius 3 is 1.89 bits per heavy atom. The van der Waals surface area contributed by atoms with Gasteiger partial charge in [0.25, 0.3) is 0 Å². The van der Waals surface area contributed by atoms with Crippen LogP contribution in [0, 0.1) is 0 Å². The van der Waals surface area contributed by atoms with Crippen molar-refractivity contribution in [3.8, 4) is 22.3 Å². The first kappa shape index (κ1) is 30.0. The van der Waals surface area contributed by atoms with Crippen molar-refractivity contribution in [2.75, 3.05) is 4.90 Å². The zero-order valence-electron chi connectivity index (χ0n) is 28.7. The number of fused-ring (bicyclic) bond motifs is 9. The molecule has 0 N–H and O–H groups in total. The fourth-order valence-corrected chi connectivity index (χ4v) is 9.26. The van der Waals surface area contributed by atoms with Crippen LogP contribution in [0.5, 0.6) is 0 Å². The van der Waals surface area contributed by atoms with Crippen molar-refractivity contribution in [3.05, 3.63) is 188 Å². The molecule has 53 heavy (non-hydrogen) atoms. The molecule has 0 amide bonds. The Hall–Kier alpha value is -6.68. The molecule has 0 unspecified atom stereocenters. The van der Waals surface area contributed by atoms with Crippen LogP contribution >= 0.6 is 11.3 Å². The number of nitrogens with zero attached hydrogens (tertiary/aromatic N) is 1. The molecule has 0 radical (unpaired) electrons. The van der Waals surface area contributed by atoms with Crippen LogP contribution in [-0.2, 0) is 0 Å². The molecule has 0 fully saturated rings. The van der Waals surface area contributed by atoms with Gasteiger partial charge in [0.05, 0.1) is 11.1 Å². The van der Waals surface area contributed by atoms with Crippen molar-refractivity contribution in [1.82, 2.24) is 0 Å². The van der Waals surface area contributed by atoms with E-state index in [1.165, 1.54) is 47.3 Å². The predicted molar refractivity (Wildman–Crippen MR) is 227 cm³/mol. The van der Waals surface area contributed by atoms with E-state index in [1.54, 1.807) is 0 Å². The zero-order chi connectivity index (χ0) is 34.9. The van der Waals surface area contributed by atoms with Gasteiger partial charge in [0.1, 0.15) is 11.2 Å². The average Bonchev–Trinajstić information content (AvgIpc) is 3.80. The number of hydrogen-bond acceptors (Lipinski definition) is 3. The first-order chi connectivity index (χ1) is 26.3. The summed E-state index contributed by atoms with van der Waals surface area (Å²) in [6.07, 6.45) is 0. The first-order valence-electron chi connectivity index (χ1n) is 18.0. The smallest absolute Gasteiger partial charge is 0.145 e. The fourth-order valence-electron chi connectivity index (χ4n) is 8.12. The highest BCUT2D eigenvalue weighted by Gasteiger charge is 2.23. The summed E-state index contributed by atoms with van der Waals surface area (Å²) in [5.74, 6) is 0. The summed E-state index contributed by atoms with van der Waals surface area (Å²) >= 11 is 1.85. The molecular formula is C50H31NOS. The van der Waals surface area contributed by atoms with Gasteiger partial charge in [0, 0.05) is 42.5 Å². The lowest BCUT2D eigenvalue weighted by Gasteiger charge is -2.27. The van der Waals surface area contributed by atoms with Crippen LogP contribution in [0.1, 0.15) is 0 Å². The third kappa shape index (κ3) is 4.86. The second-order valence-electron chi connectivity index (χ2n) is 13.7. The number of thiophene rings is 1. The lowest BCUT2D eigenvalue weighted by atomic mass is 9.98. The van der Waals surface area contributed by atoms with Crippen LogP contribution in [0.3, 0.4) is 0 Å². The third-order valence-electron chi connectivity index (χ3n) is 10.6. The summed E-state index contributed by atoms with van der Waals surface area (Å²) in [4.78, 5) is 2.43.